The van der Waals surface area contributed by atoms with Gasteiger partial charge in [-0.1, -0.05) is 6.07 Å². The van der Waals surface area contributed by atoms with E-state index in [-0.39, 0.29) is 5.95 Å². The minimum Gasteiger partial charge on any atom is -0.496 e. The van der Waals surface area contributed by atoms with Crippen molar-refractivity contribution in [1.29, 1.82) is 0 Å². The highest BCUT2D eigenvalue weighted by molar-refractivity contribution is 5.94. The molecule has 17 heavy (non-hydrogen) atoms. The fraction of sp³-hybridized carbons (Fsp3) is 0.250. The maximum Gasteiger partial charge on any atom is 0.346 e. The third kappa shape index (κ3) is 1.69. The van der Waals surface area contributed by atoms with Crippen LogP contribution in [0.5, 0.6) is 17.4 Å². The summed E-state index contributed by atoms with van der Waals surface area (Å²) < 4.78 is 20.4. The quantitative estimate of drug-likeness (QED) is 0.813. The van der Waals surface area contributed by atoms with E-state index in [1.165, 1.54) is 21.3 Å². The van der Waals surface area contributed by atoms with Crippen molar-refractivity contribution in [3.63, 3.8) is 0 Å². The Morgan fingerprint density at radius 3 is 2.41 bits per heavy atom. The van der Waals surface area contributed by atoms with Crippen LogP contribution >= 0.6 is 0 Å². The van der Waals surface area contributed by atoms with Gasteiger partial charge in [0.15, 0.2) is 0 Å². The van der Waals surface area contributed by atoms with Crippen LogP contribution < -0.4 is 19.8 Å². The van der Waals surface area contributed by atoms with Gasteiger partial charge in [0.05, 0.1) is 32.1 Å². The first-order valence-electron chi connectivity index (χ1n) is 4.94. The fourth-order valence-electron chi connectivity index (χ4n) is 1.71. The molecule has 0 saturated heterocycles. The summed E-state index contributed by atoms with van der Waals surface area (Å²) in [7, 11) is 4.40. The molecule has 0 amide bonds. The van der Waals surface area contributed by atoms with Gasteiger partial charge in [0.1, 0.15) is 5.75 Å². The number of hydrogen-bond donors (Lipinski definition) is 0. The Balaban J connectivity index is 2.97. The molecule has 5 heteroatoms. The predicted octanol–water partition coefficient (Wildman–Crippen LogP) is 1.82. The maximum atomic E-state index is 11.7. The van der Waals surface area contributed by atoms with E-state index in [0.717, 1.165) is 0 Å². The summed E-state index contributed by atoms with van der Waals surface area (Å²) in [5, 5.41) is 0.938. The molecule has 0 N–H and O–H groups in total. The number of methoxy groups -OCH3 is 3. The predicted molar refractivity (Wildman–Crippen MR) is 62.1 cm³/mol. The average Bonchev–Trinajstić information content (AvgIpc) is 2.37. The summed E-state index contributed by atoms with van der Waals surface area (Å²) in [6.07, 6.45) is 0. The Kier molecular flexibility index (Phi) is 2.91. The molecule has 0 bridgehead atoms. The van der Waals surface area contributed by atoms with Gasteiger partial charge in [-0.05, 0) is 12.1 Å². The third-order valence-corrected chi connectivity index (χ3v) is 2.45. The lowest BCUT2D eigenvalue weighted by Gasteiger charge is -2.11. The Morgan fingerprint density at radius 1 is 1.06 bits per heavy atom. The minimum atomic E-state index is -0.489. The molecule has 0 aliphatic heterocycles. The molecule has 2 aromatic rings. The smallest absolute Gasteiger partial charge is 0.346 e. The van der Waals surface area contributed by atoms with Crippen molar-refractivity contribution in [1.82, 2.24) is 0 Å². The van der Waals surface area contributed by atoms with Crippen molar-refractivity contribution >= 4 is 10.8 Å². The SMILES string of the molecule is COc1oc(=O)c2cccc(OC)c2c1OC. The molecule has 5 nitrogen and oxygen atoms in total. The van der Waals surface area contributed by atoms with E-state index in [9.17, 15) is 4.79 Å². The third-order valence-electron chi connectivity index (χ3n) is 2.45. The van der Waals surface area contributed by atoms with Gasteiger partial charge in [-0.25, -0.2) is 4.79 Å². The Hall–Kier alpha value is -2.17. The molecular formula is C12H12O5. The Labute approximate surface area is 97.5 Å². The van der Waals surface area contributed by atoms with Gasteiger partial charge in [0.25, 0.3) is 0 Å². The standard InChI is InChI=1S/C12H12O5/c1-14-8-6-4-5-7-9(8)10(15-2)12(16-3)17-11(7)13/h4-6H,1-3H3. The van der Waals surface area contributed by atoms with Crippen LogP contribution in [0.3, 0.4) is 0 Å². The molecule has 0 saturated carbocycles. The molecule has 1 heterocycles. The molecule has 90 valence electrons. The summed E-state index contributed by atoms with van der Waals surface area (Å²) in [5.74, 6) is 0.916. The van der Waals surface area contributed by atoms with E-state index in [2.05, 4.69) is 0 Å². The molecule has 0 spiro atoms. The number of rotatable bonds is 3. The molecule has 0 aliphatic carbocycles. The van der Waals surface area contributed by atoms with Gasteiger partial charge in [-0.3, -0.25) is 0 Å². The zero-order valence-corrected chi connectivity index (χ0v) is 9.77. The molecule has 0 atom stereocenters. The van der Waals surface area contributed by atoms with Crippen molar-refractivity contribution in [3.05, 3.63) is 28.6 Å². The highest BCUT2D eigenvalue weighted by Gasteiger charge is 2.18. The van der Waals surface area contributed by atoms with Gasteiger partial charge >= 0.3 is 11.6 Å². The second kappa shape index (κ2) is 4.37. The van der Waals surface area contributed by atoms with E-state index < -0.39 is 5.63 Å². The molecular weight excluding hydrogens is 224 g/mol. The topological polar surface area (TPSA) is 57.9 Å². The van der Waals surface area contributed by atoms with Crippen LogP contribution in [0.25, 0.3) is 10.8 Å². The van der Waals surface area contributed by atoms with Crippen LogP contribution in [0.15, 0.2) is 27.4 Å². The monoisotopic (exact) mass is 236 g/mol. The highest BCUT2D eigenvalue weighted by atomic mass is 16.6. The molecule has 0 aliphatic rings. The van der Waals surface area contributed by atoms with Gasteiger partial charge in [0, 0.05) is 0 Å². The Bertz CT molecular complexity index is 600. The Morgan fingerprint density at radius 2 is 1.82 bits per heavy atom. The summed E-state index contributed by atoms with van der Waals surface area (Å²) >= 11 is 0. The van der Waals surface area contributed by atoms with Crippen molar-refractivity contribution < 1.29 is 18.6 Å². The van der Waals surface area contributed by atoms with Crippen molar-refractivity contribution in [2.24, 2.45) is 0 Å². The highest BCUT2D eigenvalue weighted by Crippen LogP contribution is 2.38. The zero-order valence-electron chi connectivity index (χ0n) is 9.77. The normalized spacial score (nSPS) is 10.3. The molecule has 2 rings (SSSR count). The number of fused-ring (bicyclic) bond motifs is 1. The van der Waals surface area contributed by atoms with Crippen LogP contribution in [0.4, 0.5) is 0 Å². The van der Waals surface area contributed by atoms with Crippen LogP contribution in [0.1, 0.15) is 0 Å². The molecule has 1 aromatic carbocycles. The van der Waals surface area contributed by atoms with Crippen LogP contribution in [-0.2, 0) is 0 Å². The molecule has 0 radical (unpaired) electrons. The first-order valence-corrected chi connectivity index (χ1v) is 4.94. The average molecular weight is 236 g/mol. The van der Waals surface area contributed by atoms with Gasteiger partial charge in [-0.15, -0.1) is 0 Å². The number of benzene rings is 1. The lowest BCUT2D eigenvalue weighted by Crippen LogP contribution is -2.04. The van der Waals surface area contributed by atoms with Crippen molar-refractivity contribution in [3.8, 4) is 17.4 Å². The first-order chi connectivity index (χ1) is 8.22. The molecule has 0 unspecified atom stereocenters. The van der Waals surface area contributed by atoms with Gasteiger partial charge in [0.2, 0.25) is 5.75 Å². The van der Waals surface area contributed by atoms with Gasteiger partial charge in [-0.2, -0.15) is 0 Å². The van der Waals surface area contributed by atoms with E-state index in [4.69, 9.17) is 18.6 Å². The van der Waals surface area contributed by atoms with Crippen molar-refractivity contribution in [2.45, 2.75) is 0 Å². The number of ether oxygens (including phenoxy) is 3. The number of hydrogen-bond acceptors (Lipinski definition) is 5. The molecule has 0 fully saturated rings. The van der Waals surface area contributed by atoms with Crippen LogP contribution in [-0.4, -0.2) is 21.3 Å². The summed E-state index contributed by atoms with van der Waals surface area (Å²) in [6.45, 7) is 0. The van der Waals surface area contributed by atoms with Crippen molar-refractivity contribution in [2.75, 3.05) is 21.3 Å². The summed E-state index contributed by atoms with van der Waals surface area (Å²) in [4.78, 5) is 11.7. The lowest BCUT2D eigenvalue weighted by molar-refractivity contribution is 0.261. The maximum absolute atomic E-state index is 11.7. The largest absolute Gasteiger partial charge is 0.496 e. The molecule has 1 aromatic heterocycles. The van der Waals surface area contributed by atoms with E-state index in [0.29, 0.717) is 22.3 Å². The lowest BCUT2D eigenvalue weighted by atomic mass is 10.1. The van der Waals surface area contributed by atoms with Crippen LogP contribution in [0, 0.1) is 0 Å². The second-order valence-electron chi connectivity index (χ2n) is 3.30. The first kappa shape index (κ1) is 11.3. The minimum absolute atomic E-state index is 0.0366. The van der Waals surface area contributed by atoms with Gasteiger partial charge < -0.3 is 18.6 Å². The van der Waals surface area contributed by atoms with Crippen LogP contribution in [0.2, 0.25) is 0 Å². The van der Waals surface area contributed by atoms with E-state index in [1.54, 1.807) is 18.2 Å². The second-order valence-corrected chi connectivity index (χ2v) is 3.30. The zero-order chi connectivity index (χ0) is 12.4. The van der Waals surface area contributed by atoms with E-state index in [1.807, 2.05) is 0 Å². The summed E-state index contributed by atoms with van der Waals surface area (Å²) in [6, 6.07) is 5.10. The van der Waals surface area contributed by atoms with E-state index >= 15 is 0 Å². The summed E-state index contributed by atoms with van der Waals surface area (Å²) in [5.41, 5.74) is -0.489. The fourth-order valence-corrected chi connectivity index (χ4v) is 1.71.